The summed E-state index contributed by atoms with van der Waals surface area (Å²) in [7, 11) is 0. The van der Waals surface area contributed by atoms with E-state index in [2.05, 4.69) is 10.6 Å². The number of carbonyl (C=O) groups excluding carboxylic acids is 2. The number of hydrogen-bond donors (Lipinski definition) is 2. The lowest BCUT2D eigenvalue weighted by Gasteiger charge is -2.06. The Bertz CT molecular complexity index is 412. The Morgan fingerprint density at radius 1 is 1.62 bits per heavy atom. The Kier molecular flexibility index (Phi) is 3.36. The Morgan fingerprint density at radius 3 is 3.12 bits per heavy atom. The first-order valence-corrected chi connectivity index (χ1v) is 5.91. The monoisotopic (exact) mass is 236 g/mol. The smallest absolute Gasteiger partial charge is 0.244 e. The van der Waals surface area contributed by atoms with E-state index in [1.807, 2.05) is 17.5 Å². The fourth-order valence-corrected chi connectivity index (χ4v) is 2.12. The van der Waals surface area contributed by atoms with Crippen LogP contribution in [0.5, 0.6) is 0 Å². The molecule has 0 bridgehead atoms. The van der Waals surface area contributed by atoms with Crippen LogP contribution in [-0.4, -0.2) is 24.4 Å². The third-order valence-corrected chi connectivity index (χ3v) is 3.10. The Balaban J connectivity index is 1.82. The molecule has 0 aromatic carbocycles. The molecule has 0 radical (unpaired) electrons. The van der Waals surface area contributed by atoms with Crippen molar-refractivity contribution < 1.29 is 9.59 Å². The zero-order valence-electron chi connectivity index (χ0n) is 8.60. The summed E-state index contributed by atoms with van der Waals surface area (Å²) in [6.45, 7) is 0.525. The highest BCUT2D eigenvalue weighted by Gasteiger charge is 2.21. The maximum absolute atomic E-state index is 11.5. The molecule has 4 nitrogen and oxygen atoms in total. The first-order chi connectivity index (χ1) is 7.74. The summed E-state index contributed by atoms with van der Waals surface area (Å²) >= 11 is 1.57. The van der Waals surface area contributed by atoms with Crippen LogP contribution in [0.2, 0.25) is 0 Å². The van der Waals surface area contributed by atoms with Crippen LogP contribution in [0.25, 0.3) is 6.08 Å². The third kappa shape index (κ3) is 2.93. The molecule has 84 valence electrons. The lowest BCUT2D eigenvalue weighted by molar-refractivity contribution is -0.119. The molecule has 0 saturated carbocycles. The van der Waals surface area contributed by atoms with E-state index in [4.69, 9.17) is 0 Å². The average molecular weight is 236 g/mol. The molecular weight excluding hydrogens is 224 g/mol. The van der Waals surface area contributed by atoms with Crippen LogP contribution in [0.4, 0.5) is 0 Å². The number of thiophene rings is 1. The van der Waals surface area contributed by atoms with Crippen molar-refractivity contribution >= 4 is 29.2 Å². The van der Waals surface area contributed by atoms with Gasteiger partial charge in [0.15, 0.2) is 0 Å². The minimum Gasteiger partial charge on any atom is -0.354 e. The van der Waals surface area contributed by atoms with Gasteiger partial charge < -0.3 is 10.6 Å². The van der Waals surface area contributed by atoms with E-state index in [1.54, 1.807) is 17.4 Å². The third-order valence-electron chi connectivity index (χ3n) is 2.27. The largest absolute Gasteiger partial charge is 0.354 e. The molecule has 0 aliphatic carbocycles. The number of rotatable bonds is 3. The van der Waals surface area contributed by atoms with E-state index in [0.717, 1.165) is 4.88 Å². The molecule has 1 aliphatic heterocycles. The highest BCUT2D eigenvalue weighted by molar-refractivity contribution is 7.10. The summed E-state index contributed by atoms with van der Waals surface area (Å²) in [5.41, 5.74) is 0. The second kappa shape index (κ2) is 4.94. The first kappa shape index (κ1) is 10.9. The molecule has 2 heterocycles. The van der Waals surface area contributed by atoms with E-state index in [9.17, 15) is 9.59 Å². The van der Waals surface area contributed by atoms with E-state index in [0.29, 0.717) is 13.0 Å². The number of hydrogen-bond acceptors (Lipinski definition) is 3. The highest BCUT2D eigenvalue weighted by atomic mass is 32.1. The number of amides is 2. The van der Waals surface area contributed by atoms with E-state index >= 15 is 0 Å². The zero-order chi connectivity index (χ0) is 11.4. The molecule has 5 heteroatoms. The average Bonchev–Trinajstić information content (AvgIpc) is 2.87. The number of carbonyl (C=O) groups is 2. The molecule has 2 rings (SSSR count). The van der Waals surface area contributed by atoms with Crippen molar-refractivity contribution in [1.29, 1.82) is 0 Å². The van der Waals surface area contributed by atoms with Gasteiger partial charge in [-0.2, -0.15) is 0 Å². The molecule has 16 heavy (non-hydrogen) atoms. The fraction of sp³-hybridized carbons (Fsp3) is 0.273. The van der Waals surface area contributed by atoms with Gasteiger partial charge in [0.1, 0.15) is 0 Å². The number of nitrogens with one attached hydrogen (secondary N) is 2. The van der Waals surface area contributed by atoms with Crippen LogP contribution in [0.3, 0.4) is 0 Å². The minimum atomic E-state index is -0.157. The summed E-state index contributed by atoms with van der Waals surface area (Å²) in [6, 6.07) is 3.80. The fourth-order valence-electron chi connectivity index (χ4n) is 1.50. The van der Waals surface area contributed by atoms with Crippen LogP contribution < -0.4 is 10.6 Å². The van der Waals surface area contributed by atoms with Gasteiger partial charge in [-0.3, -0.25) is 9.59 Å². The SMILES string of the molecule is O=C(/C=C/c1cccs1)N[C@H]1CNC(=O)C1. The summed E-state index contributed by atoms with van der Waals surface area (Å²) < 4.78 is 0. The predicted molar refractivity (Wildman–Crippen MR) is 62.9 cm³/mol. The lowest BCUT2D eigenvalue weighted by atomic mass is 10.2. The molecule has 1 saturated heterocycles. The summed E-state index contributed by atoms with van der Waals surface area (Å²) in [4.78, 5) is 23.4. The van der Waals surface area contributed by atoms with E-state index in [1.165, 1.54) is 6.08 Å². The second-order valence-electron chi connectivity index (χ2n) is 3.56. The van der Waals surface area contributed by atoms with Crippen LogP contribution in [-0.2, 0) is 9.59 Å². The van der Waals surface area contributed by atoms with Gasteiger partial charge in [-0.25, -0.2) is 0 Å². The van der Waals surface area contributed by atoms with Gasteiger partial charge in [0.25, 0.3) is 0 Å². The van der Waals surface area contributed by atoms with Gasteiger partial charge in [-0.15, -0.1) is 11.3 Å². The molecule has 1 fully saturated rings. The van der Waals surface area contributed by atoms with Crippen molar-refractivity contribution in [2.45, 2.75) is 12.5 Å². The summed E-state index contributed by atoms with van der Waals surface area (Å²) in [6.07, 6.45) is 3.64. The molecule has 2 N–H and O–H groups in total. The minimum absolute atomic E-state index is 0.00691. The molecule has 1 aromatic heterocycles. The maximum Gasteiger partial charge on any atom is 0.244 e. The van der Waals surface area contributed by atoms with Crippen molar-refractivity contribution in [3.8, 4) is 0 Å². The van der Waals surface area contributed by atoms with Crippen LogP contribution in [0.1, 0.15) is 11.3 Å². The van der Waals surface area contributed by atoms with Gasteiger partial charge in [0, 0.05) is 23.9 Å². The molecule has 1 atom stereocenters. The Labute approximate surface area is 97.4 Å². The quantitative estimate of drug-likeness (QED) is 0.761. The van der Waals surface area contributed by atoms with Crippen LogP contribution in [0.15, 0.2) is 23.6 Å². The molecule has 1 aromatic rings. The molecule has 0 unspecified atom stereocenters. The lowest BCUT2D eigenvalue weighted by Crippen LogP contribution is -2.34. The Hall–Kier alpha value is -1.62. The van der Waals surface area contributed by atoms with E-state index in [-0.39, 0.29) is 17.9 Å². The molecule has 2 amide bonds. The summed E-state index contributed by atoms with van der Waals surface area (Å²) in [5.74, 6) is -0.164. The summed E-state index contributed by atoms with van der Waals surface area (Å²) in [5, 5.41) is 7.39. The highest BCUT2D eigenvalue weighted by Crippen LogP contribution is 2.10. The normalized spacial score (nSPS) is 20.0. The Morgan fingerprint density at radius 2 is 2.50 bits per heavy atom. The zero-order valence-corrected chi connectivity index (χ0v) is 9.42. The molecular formula is C11H12N2O2S. The second-order valence-corrected chi connectivity index (χ2v) is 4.54. The van der Waals surface area contributed by atoms with E-state index < -0.39 is 0 Å². The van der Waals surface area contributed by atoms with Gasteiger partial charge in [0.2, 0.25) is 11.8 Å². The van der Waals surface area contributed by atoms with Crippen molar-refractivity contribution in [3.05, 3.63) is 28.5 Å². The topological polar surface area (TPSA) is 58.2 Å². The van der Waals surface area contributed by atoms with Crippen LogP contribution >= 0.6 is 11.3 Å². The molecule has 1 aliphatic rings. The maximum atomic E-state index is 11.5. The van der Waals surface area contributed by atoms with Gasteiger partial charge >= 0.3 is 0 Å². The van der Waals surface area contributed by atoms with Crippen molar-refractivity contribution in [2.24, 2.45) is 0 Å². The predicted octanol–water partition coefficient (Wildman–Crippen LogP) is 0.766. The standard InChI is InChI=1S/C11H12N2O2S/c14-10(4-3-9-2-1-5-16-9)13-8-6-11(15)12-7-8/h1-5,8H,6-7H2,(H,12,15)(H,13,14)/b4-3+/t8-/m1/s1. The van der Waals surface area contributed by atoms with Gasteiger partial charge in [-0.05, 0) is 17.5 Å². The van der Waals surface area contributed by atoms with Crippen molar-refractivity contribution in [3.63, 3.8) is 0 Å². The molecule has 0 spiro atoms. The van der Waals surface area contributed by atoms with Gasteiger partial charge in [0.05, 0.1) is 6.04 Å². The van der Waals surface area contributed by atoms with Crippen molar-refractivity contribution in [2.75, 3.05) is 6.54 Å². The van der Waals surface area contributed by atoms with Crippen LogP contribution in [0, 0.1) is 0 Å². The van der Waals surface area contributed by atoms with Gasteiger partial charge in [-0.1, -0.05) is 6.07 Å². The first-order valence-electron chi connectivity index (χ1n) is 5.03. The van der Waals surface area contributed by atoms with Crippen molar-refractivity contribution in [1.82, 2.24) is 10.6 Å².